The van der Waals surface area contributed by atoms with Crippen LogP contribution in [0.1, 0.15) is 0 Å². The zero-order chi connectivity index (χ0) is 16.8. The molecule has 2 aromatic carbocycles. The molecular formula is C19H17ClN3O+. The summed E-state index contributed by atoms with van der Waals surface area (Å²) in [6, 6.07) is 20.9. The van der Waals surface area contributed by atoms with Gasteiger partial charge in [-0.25, -0.2) is 0 Å². The number of pyridine rings is 1. The van der Waals surface area contributed by atoms with E-state index in [1.807, 2.05) is 54.6 Å². The second-order valence-corrected chi connectivity index (χ2v) is 5.71. The molecule has 0 radical (unpaired) electrons. The SMILES string of the molecule is O=C(C[n+]1ccc(Cl)cc1)Nc1ccccc1Nc1ccccc1. The van der Waals surface area contributed by atoms with Crippen molar-refractivity contribution in [2.45, 2.75) is 6.54 Å². The normalized spacial score (nSPS) is 10.2. The van der Waals surface area contributed by atoms with E-state index in [1.54, 1.807) is 29.1 Å². The number of rotatable bonds is 5. The molecule has 0 aliphatic heterocycles. The Kier molecular flexibility index (Phi) is 5.08. The van der Waals surface area contributed by atoms with Crippen LogP contribution in [-0.4, -0.2) is 5.91 Å². The number of amides is 1. The summed E-state index contributed by atoms with van der Waals surface area (Å²) in [6.45, 7) is 0.219. The molecular weight excluding hydrogens is 322 g/mol. The van der Waals surface area contributed by atoms with Crippen LogP contribution in [0.25, 0.3) is 0 Å². The van der Waals surface area contributed by atoms with Gasteiger partial charge in [-0.15, -0.1) is 0 Å². The minimum atomic E-state index is -0.107. The number of anilines is 3. The van der Waals surface area contributed by atoms with Gasteiger partial charge < -0.3 is 10.6 Å². The van der Waals surface area contributed by atoms with Crippen molar-refractivity contribution in [2.24, 2.45) is 0 Å². The highest BCUT2D eigenvalue weighted by Crippen LogP contribution is 2.24. The highest BCUT2D eigenvalue weighted by atomic mass is 35.5. The Morgan fingerprint density at radius 3 is 2.21 bits per heavy atom. The maximum atomic E-state index is 12.3. The van der Waals surface area contributed by atoms with Gasteiger partial charge >= 0.3 is 0 Å². The third kappa shape index (κ3) is 4.33. The number of aromatic nitrogens is 1. The summed E-state index contributed by atoms with van der Waals surface area (Å²) in [7, 11) is 0. The topological polar surface area (TPSA) is 45.0 Å². The number of hydrogen-bond donors (Lipinski definition) is 2. The Morgan fingerprint density at radius 2 is 1.50 bits per heavy atom. The number of hydrogen-bond acceptors (Lipinski definition) is 2. The first-order valence-electron chi connectivity index (χ1n) is 7.56. The molecule has 0 fully saturated rings. The second kappa shape index (κ2) is 7.62. The average molecular weight is 339 g/mol. The highest BCUT2D eigenvalue weighted by molar-refractivity contribution is 6.30. The molecule has 0 atom stereocenters. The molecule has 1 amide bonds. The molecule has 120 valence electrons. The van der Waals surface area contributed by atoms with Crippen LogP contribution in [0, 0.1) is 0 Å². The zero-order valence-corrected chi connectivity index (χ0v) is 13.7. The maximum absolute atomic E-state index is 12.3. The molecule has 1 heterocycles. The smallest absolute Gasteiger partial charge is 0.290 e. The van der Waals surface area contributed by atoms with Crippen LogP contribution in [0.3, 0.4) is 0 Å². The number of nitrogens with one attached hydrogen (secondary N) is 2. The molecule has 3 rings (SSSR count). The fourth-order valence-corrected chi connectivity index (χ4v) is 2.39. The third-order valence-electron chi connectivity index (χ3n) is 3.43. The van der Waals surface area contributed by atoms with Crippen LogP contribution in [0.4, 0.5) is 17.1 Å². The van der Waals surface area contributed by atoms with Gasteiger partial charge in [0.05, 0.1) is 16.4 Å². The van der Waals surface area contributed by atoms with E-state index >= 15 is 0 Å². The molecule has 0 unspecified atom stereocenters. The number of carbonyl (C=O) groups excluding carboxylic acids is 1. The average Bonchev–Trinajstić information content (AvgIpc) is 2.60. The van der Waals surface area contributed by atoms with E-state index in [2.05, 4.69) is 10.6 Å². The largest absolute Gasteiger partial charge is 0.354 e. The summed E-state index contributed by atoms with van der Waals surface area (Å²) >= 11 is 5.85. The minimum absolute atomic E-state index is 0.107. The number of nitrogens with zero attached hydrogens (tertiary/aromatic N) is 1. The van der Waals surface area contributed by atoms with Gasteiger partial charge in [-0.3, -0.25) is 4.79 Å². The summed E-state index contributed by atoms with van der Waals surface area (Å²) in [5.41, 5.74) is 2.55. The van der Waals surface area contributed by atoms with Crippen LogP contribution in [-0.2, 0) is 11.3 Å². The molecule has 3 aromatic rings. The lowest BCUT2D eigenvalue weighted by Crippen LogP contribution is -2.39. The Morgan fingerprint density at radius 1 is 0.875 bits per heavy atom. The van der Waals surface area contributed by atoms with Gasteiger partial charge in [-0.2, -0.15) is 4.57 Å². The van der Waals surface area contributed by atoms with Gasteiger partial charge in [0.25, 0.3) is 5.91 Å². The van der Waals surface area contributed by atoms with Crippen molar-refractivity contribution in [1.82, 2.24) is 0 Å². The van der Waals surface area contributed by atoms with E-state index in [9.17, 15) is 4.79 Å². The Bertz CT molecular complexity index is 820. The van der Waals surface area contributed by atoms with Gasteiger partial charge in [-0.05, 0) is 24.3 Å². The number of para-hydroxylation sites is 3. The van der Waals surface area contributed by atoms with E-state index in [4.69, 9.17) is 11.6 Å². The molecule has 24 heavy (non-hydrogen) atoms. The summed E-state index contributed by atoms with van der Waals surface area (Å²) in [5.74, 6) is -0.107. The first-order chi connectivity index (χ1) is 11.7. The van der Waals surface area contributed by atoms with E-state index in [1.165, 1.54) is 0 Å². The van der Waals surface area contributed by atoms with Crippen molar-refractivity contribution >= 4 is 34.6 Å². The number of carbonyl (C=O) groups is 1. The van der Waals surface area contributed by atoms with Crippen LogP contribution in [0.15, 0.2) is 79.1 Å². The van der Waals surface area contributed by atoms with Crippen LogP contribution >= 0.6 is 11.6 Å². The Labute approximate surface area is 145 Å². The molecule has 0 bridgehead atoms. The molecule has 5 heteroatoms. The van der Waals surface area contributed by atoms with Gasteiger partial charge in [0.2, 0.25) is 6.54 Å². The van der Waals surface area contributed by atoms with Crippen molar-refractivity contribution in [1.29, 1.82) is 0 Å². The van der Waals surface area contributed by atoms with Crippen molar-refractivity contribution in [3.8, 4) is 0 Å². The maximum Gasteiger partial charge on any atom is 0.290 e. The highest BCUT2D eigenvalue weighted by Gasteiger charge is 2.11. The van der Waals surface area contributed by atoms with Gasteiger partial charge in [0.1, 0.15) is 0 Å². The van der Waals surface area contributed by atoms with Crippen molar-refractivity contribution in [3.05, 3.63) is 84.1 Å². The summed E-state index contributed by atoms with van der Waals surface area (Å²) < 4.78 is 1.77. The predicted octanol–water partition coefficient (Wildman–Crippen LogP) is 4.01. The van der Waals surface area contributed by atoms with Crippen LogP contribution in [0.5, 0.6) is 0 Å². The van der Waals surface area contributed by atoms with Crippen molar-refractivity contribution in [2.75, 3.05) is 10.6 Å². The molecule has 4 nitrogen and oxygen atoms in total. The summed E-state index contributed by atoms with van der Waals surface area (Å²) in [6.07, 6.45) is 3.55. The lowest BCUT2D eigenvalue weighted by molar-refractivity contribution is -0.684. The third-order valence-corrected chi connectivity index (χ3v) is 3.68. The first-order valence-corrected chi connectivity index (χ1v) is 7.94. The standard InChI is InChI=1S/C19H16ClN3O/c20-15-10-12-23(13-11-15)14-19(24)22-18-9-5-4-8-17(18)21-16-6-2-1-3-7-16/h1-13,21H,14H2/p+1. The van der Waals surface area contributed by atoms with Gasteiger partial charge in [0, 0.05) is 17.8 Å². The van der Waals surface area contributed by atoms with E-state index < -0.39 is 0 Å². The fraction of sp³-hybridized carbons (Fsp3) is 0.0526. The Balaban J connectivity index is 1.70. The van der Waals surface area contributed by atoms with Crippen LogP contribution < -0.4 is 15.2 Å². The van der Waals surface area contributed by atoms with Crippen molar-refractivity contribution in [3.63, 3.8) is 0 Å². The first kappa shape index (κ1) is 16.0. The van der Waals surface area contributed by atoms with Gasteiger partial charge in [0.15, 0.2) is 12.4 Å². The molecule has 1 aromatic heterocycles. The number of benzene rings is 2. The van der Waals surface area contributed by atoms with Gasteiger partial charge in [-0.1, -0.05) is 41.9 Å². The molecule has 0 aliphatic carbocycles. The quantitative estimate of drug-likeness (QED) is 0.690. The van der Waals surface area contributed by atoms with E-state index in [-0.39, 0.29) is 12.5 Å². The fourth-order valence-electron chi connectivity index (χ4n) is 2.28. The zero-order valence-electron chi connectivity index (χ0n) is 12.9. The second-order valence-electron chi connectivity index (χ2n) is 5.27. The Hall–Kier alpha value is -2.85. The minimum Gasteiger partial charge on any atom is -0.354 e. The summed E-state index contributed by atoms with van der Waals surface area (Å²) in [4.78, 5) is 12.3. The molecule has 0 saturated carbocycles. The molecule has 0 spiro atoms. The van der Waals surface area contributed by atoms with E-state index in [0.717, 1.165) is 17.1 Å². The van der Waals surface area contributed by atoms with Crippen LogP contribution in [0.2, 0.25) is 5.02 Å². The predicted molar refractivity (Wildman–Crippen MR) is 96.4 cm³/mol. The molecule has 2 N–H and O–H groups in total. The molecule has 0 aliphatic rings. The van der Waals surface area contributed by atoms with Crippen molar-refractivity contribution < 1.29 is 9.36 Å². The van der Waals surface area contributed by atoms with E-state index in [0.29, 0.717) is 5.02 Å². The lowest BCUT2D eigenvalue weighted by atomic mass is 10.2. The summed E-state index contributed by atoms with van der Waals surface area (Å²) in [5, 5.41) is 6.89. The molecule has 0 saturated heterocycles. The lowest BCUT2D eigenvalue weighted by Gasteiger charge is -2.12. The number of halogens is 1. The monoisotopic (exact) mass is 338 g/mol.